The molecule has 134 valence electrons. The monoisotopic (exact) mass is 351 g/mol. The molecule has 0 fully saturated rings. The fourth-order valence-electron chi connectivity index (χ4n) is 2.49. The van der Waals surface area contributed by atoms with Crippen LogP contribution in [0, 0.1) is 0 Å². The molecule has 1 aliphatic heterocycles. The Labute approximate surface area is 152 Å². The van der Waals surface area contributed by atoms with Crippen molar-refractivity contribution in [3.8, 4) is 11.5 Å². The fourth-order valence-corrected chi connectivity index (χ4v) is 2.49. The summed E-state index contributed by atoms with van der Waals surface area (Å²) in [6.07, 6.45) is 3.77. The summed E-state index contributed by atoms with van der Waals surface area (Å²) in [4.78, 5) is 16.5. The largest absolute Gasteiger partial charge is 0.496 e. The van der Waals surface area contributed by atoms with Crippen LogP contribution in [0.15, 0.2) is 59.2 Å². The van der Waals surface area contributed by atoms with Gasteiger partial charge in [-0.05, 0) is 42.8 Å². The zero-order chi connectivity index (χ0) is 18.4. The molecule has 2 aromatic carbocycles. The molecule has 0 bridgehead atoms. The average Bonchev–Trinajstić information content (AvgIpc) is 3.03. The molecular formula is C21H21NO4. The molecule has 0 unspecified atom stereocenters. The molecule has 5 nitrogen and oxygen atoms in total. The zero-order valence-electron chi connectivity index (χ0n) is 14.9. The Hall–Kier alpha value is -3.08. The molecule has 1 heterocycles. The van der Waals surface area contributed by atoms with E-state index >= 15 is 0 Å². The van der Waals surface area contributed by atoms with E-state index in [1.54, 1.807) is 13.2 Å². The summed E-state index contributed by atoms with van der Waals surface area (Å²) < 4.78 is 16.2. The van der Waals surface area contributed by atoms with Crippen LogP contribution in [-0.4, -0.2) is 25.6 Å². The molecule has 3 rings (SSSR count). The van der Waals surface area contributed by atoms with Crippen molar-refractivity contribution < 1.29 is 19.0 Å². The van der Waals surface area contributed by atoms with Crippen LogP contribution in [0.1, 0.15) is 30.9 Å². The molecule has 0 amide bonds. The van der Waals surface area contributed by atoms with Crippen molar-refractivity contribution in [2.75, 3.05) is 13.7 Å². The van der Waals surface area contributed by atoms with E-state index in [1.165, 1.54) is 0 Å². The molecule has 0 radical (unpaired) electrons. The van der Waals surface area contributed by atoms with Gasteiger partial charge in [0, 0.05) is 11.1 Å². The van der Waals surface area contributed by atoms with Crippen molar-refractivity contribution in [2.45, 2.75) is 19.8 Å². The van der Waals surface area contributed by atoms with E-state index in [-0.39, 0.29) is 11.6 Å². The zero-order valence-corrected chi connectivity index (χ0v) is 14.9. The van der Waals surface area contributed by atoms with E-state index in [0.717, 1.165) is 29.7 Å². The van der Waals surface area contributed by atoms with Gasteiger partial charge in [-0.25, -0.2) is 9.79 Å². The number of nitrogens with zero attached hydrogens (tertiary/aromatic N) is 1. The first kappa shape index (κ1) is 17.7. The summed E-state index contributed by atoms with van der Waals surface area (Å²) in [7, 11) is 1.59. The third kappa shape index (κ3) is 4.11. The maximum Gasteiger partial charge on any atom is 0.363 e. The van der Waals surface area contributed by atoms with Crippen LogP contribution in [-0.2, 0) is 9.53 Å². The van der Waals surface area contributed by atoms with Crippen molar-refractivity contribution in [1.29, 1.82) is 0 Å². The number of rotatable bonds is 7. The Morgan fingerprint density at radius 1 is 1.12 bits per heavy atom. The van der Waals surface area contributed by atoms with Crippen LogP contribution < -0.4 is 9.47 Å². The van der Waals surface area contributed by atoms with Gasteiger partial charge in [0.05, 0.1) is 13.7 Å². The number of benzene rings is 2. The smallest absolute Gasteiger partial charge is 0.363 e. The van der Waals surface area contributed by atoms with Gasteiger partial charge >= 0.3 is 5.97 Å². The number of esters is 1. The highest BCUT2D eigenvalue weighted by atomic mass is 16.6. The second kappa shape index (κ2) is 8.34. The predicted octanol–water partition coefficient (Wildman–Crippen LogP) is 4.22. The maximum absolute atomic E-state index is 12.1. The minimum absolute atomic E-state index is 0.243. The topological polar surface area (TPSA) is 57.1 Å². The molecule has 5 heteroatoms. The van der Waals surface area contributed by atoms with Gasteiger partial charge in [-0.3, -0.25) is 0 Å². The summed E-state index contributed by atoms with van der Waals surface area (Å²) in [5, 5.41) is 0. The lowest BCUT2D eigenvalue weighted by Crippen LogP contribution is -2.05. The predicted molar refractivity (Wildman–Crippen MR) is 100 cm³/mol. The van der Waals surface area contributed by atoms with Crippen LogP contribution in [0.3, 0.4) is 0 Å². The van der Waals surface area contributed by atoms with Gasteiger partial charge in [-0.15, -0.1) is 0 Å². The standard InChI is InChI=1S/C21H21NO4/c1-3-4-13-25-17-11-9-15(10-12-17)20-22-18(21(23)26-20)14-16-7-5-6-8-19(16)24-2/h5-12,14H,3-4,13H2,1-2H3. The molecule has 0 N–H and O–H groups in total. The first-order chi connectivity index (χ1) is 12.7. The van der Waals surface area contributed by atoms with E-state index in [0.29, 0.717) is 12.4 Å². The van der Waals surface area contributed by atoms with Crippen molar-refractivity contribution in [3.05, 3.63) is 65.4 Å². The molecule has 0 saturated carbocycles. The Bertz CT molecular complexity index is 837. The summed E-state index contributed by atoms with van der Waals surface area (Å²) in [6.45, 7) is 2.81. The first-order valence-electron chi connectivity index (χ1n) is 8.60. The van der Waals surface area contributed by atoms with Gasteiger partial charge < -0.3 is 14.2 Å². The molecule has 0 aliphatic carbocycles. The van der Waals surface area contributed by atoms with E-state index in [2.05, 4.69) is 11.9 Å². The number of hydrogen-bond acceptors (Lipinski definition) is 5. The van der Waals surface area contributed by atoms with E-state index in [1.807, 2.05) is 48.5 Å². The van der Waals surface area contributed by atoms with Gasteiger partial charge in [-0.1, -0.05) is 31.5 Å². The first-order valence-corrected chi connectivity index (χ1v) is 8.60. The molecule has 0 atom stereocenters. The quantitative estimate of drug-likeness (QED) is 0.426. The number of ether oxygens (including phenoxy) is 3. The minimum atomic E-state index is -0.478. The summed E-state index contributed by atoms with van der Waals surface area (Å²) in [5.41, 5.74) is 1.74. The lowest BCUT2D eigenvalue weighted by atomic mass is 10.1. The van der Waals surface area contributed by atoms with Crippen molar-refractivity contribution in [2.24, 2.45) is 4.99 Å². The summed E-state index contributed by atoms with van der Waals surface area (Å²) in [6, 6.07) is 14.8. The van der Waals surface area contributed by atoms with Crippen molar-refractivity contribution >= 4 is 17.9 Å². The Morgan fingerprint density at radius 3 is 2.62 bits per heavy atom. The summed E-state index contributed by atoms with van der Waals surface area (Å²) >= 11 is 0. The SMILES string of the molecule is CCCCOc1ccc(C2=NC(=Cc3ccccc3OC)C(=O)O2)cc1. The van der Waals surface area contributed by atoms with Crippen LogP contribution in [0.2, 0.25) is 0 Å². The highest BCUT2D eigenvalue weighted by Gasteiger charge is 2.24. The molecule has 26 heavy (non-hydrogen) atoms. The van der Waals surface area contributed by atoms with E-state index in [4.69, 9.17) is 14.2 Å². The van der Waals surface area contributed by atoms with Crippen molar-refractivity contribution in [1.82, 2.24) is 0 Å². The van der Waals surface area contributed by atoms with Gasteiger partial charge in [-0.2, -0.15) is 0 Å². The Balaban J connectivity index is 1.78. The number of aliphatic imine (C=N–C) groups is 1. The van der Waals surface area contributed by atoms with Crippen LogP contribution >= 0.6 is 0 Å². The number of carbonyl (C=O) groups excluding carboxylic acids is 1. The highest BCUT2D eigenvalue weighted by molar-refractivity contribution is 6.13. The van der Waals surface area contributed by atoms with Crippen molar-refractivity contribution in [3.63, 3.8) is 0 Å². The van der Waals surface area contributed by atoms with Gasteiger partial charge in [0.25, 0.3) is 0 Å². The van der Waals surface area contributed by atoms with Gasteiger partial charge in [0.1, 0.15) is 11.5 Å². The molecule has 0 saturated heterocycles. The molecule has 1 aliphatic rings. The highest BCUT2D eigenvalue weighted by Crippen LogP contribution is 2.25. The maximum atomic E-state index is 12.1. The molecule has 0 spiro atoms. The van der Waals surface area contributed by atoms with Crippen LogP contribution in [0.5, 0.6) is 11.5 Å². The lowest BCUT2D eigenvalue weighted by Gasteiger charge is -2.05. The number of methoxy groups -OCH3 is 1. The average molecular weight is 351 g/mol. The number of para-hydroxylation sites is 1. The van der Waals surface area contributed by atoms with E-state index in [9.17, 15) is 4.79 Å². The molecular weight excluding hydrogens is 330 g/mol. The number of carbonyl (C=O) groups is 1. The van der Waals surface area contributed by atoms with Crippen LogP contribution in [0.25, 0.3) is 6.08 Å². The third-order valence-corrected chi connectivity index (χ3v) is 3.92. The van der Waals surface area contributed by atoms with Gasteiger partial charge in [0.2, 0.25) is 5.90 Å². The normalized spacial score (nSPS) is 14.9. The third-order valence-electron chi connectivity index (χ3n) is 3.92. The van der Waals surface area contributed by atoms with Gasteiger partial charge in [0.15, 0.2) is 5.70 Å². The van der Waals surface area contributed by atoms with Crippen LogP contribution in [0.4, 0.5) is 0 Å². The second-order valence-corrected chi connectivity index (χ2v) is 5.80. The number of unbranched alkanes of at least 4 members (excludes halogenated alkanes) is 1. The number of cyclic esters (lactones) is 1. The Kier molecular flexibility index (Phi) is 5.69. The Morgan fingerprint density at radius 2 is 1.88 bits per heavy atom. The lowest BCUT2D eigenvalue weighted by molar-refractivity contribution is -0.129. The fraction of sp³-hybridized carbons (Fsp3) is 0.238. The van der Waals surface area contributed by atoms with E-state index < -0.39 is 5.97 Å². The minimum Gasteiger partial charge on any atom is -0.496 e. The number of hydrogen-bond donors (Lipinski definition) is 0. The molecule has 2 aromatic rings. The summed E-state index contributed by atoms with van der Waals surface area (Å²) in [5.74, 6) is 1.27. The molecule has 0 aromatic heterocycles. The second-order valence-electron chi connectivity index (χ2n) is 5.80.